The standard InChI is InChI=1S/C24H22F3N3O4S2.C2H6/c1-32-19-12-16(9-10-17(19)21-29-23(31)34-30-21)33-13-20-18(4-3-11-35-2)28-22(36-20)14-5-7-15(8-6-14)24(25,26)27;1-2/h5-10,12H,3-4,11,13H2,1-2H3,(H,29,30,31);1-2H3. The Morgan fingerprint density at radius 3 is 2.47 bits per heavy atom. The predicted molar refractivity (Wildman–Crippen MR) is 144 cm³/mol. The minimum atomic E-state index is -4.39. The van der Waals surface area contributed by atoms with Gasteiger partial charge >= 0.3 is 11.9 Å². The van der Waals surface area contributed by atoms with Crippen LogP contribution >= 0.6 is 23.1 Å². The van der Waals surface area contributed by atoms with E-state index in [0.717, 1.165) is 41.3 Å². The summed E-state index contributed by atoms with van der Waals surface area (Å²) in [5.41, 5.74) is 1.33. The van der Waals surface area contributed by atoms with Gasteiger partial charge in [0.1, 0.15) is 23.1 Å². The number of aromatic amines is 1. The summed E-state index contributed by atoms with van der Waals surface area (Å²) in [7, 11) is 1.49. The van der Waals surface area contributed by atoms with Crippen molar-refractivity contribution in [1.29, 1.82) is 0 Å². The molecule has 0 radical (unpaired) electrons. The molecule has 4 aromatic rings. The lowest BCUT2D eigenvalue weighted by molar-refractivity contribution is -0.137. The molecule has 0 spiro atoms. The molecule has 0 amide bonds. The van der Waals surface area contributed by atoms with Crippen LogP contribution in [-0.2, 0) is 19.2 Å². The third-order valence-electron chi connectivity index (χ3n) is 5.24. The zero-order valence-electron chi connectivity index (χ0n) is 21.3. The number of aromatic nitrogens is 3. The summed E-state index contributed by atoms with van der Waals surface area (Å²) in [6.07, 6.45) is -0.700. The van der Waals surface area contributed by atoms with Crippen molar-refractivity contribution in [1.82, 2.24) is 15.1 Å². The van der Waals surface area contributed by atoms with Crippen LogP contribution in [0, 0.1) is 0 Å². The van der Waals surface area contributed by atoms with Crippen molar-refractivity contribution in [2.45, 2.75) is 39.5 Å². The molecule has 2 aromatic heterocycles. The molecule has 0 fully saturated rings. The van der Waals surface area contributed by atoms with Crippen molar-refractivity contribution in [3.05, 3.63) is 69.1 Å². The largest absolute Gasteiger partial charge is 0.496 e. The number of rotatable bonds is 10. The number of benzene rings is 2. The lowest BCUT2D eigenvalue weighted by Crippen LogP contribution is -2.03. The van der Waals surface area contributed by atoms with Gasteiger partial charge in [-0.2, -0.15) is 24.9 Å². The summed E-state index contributed by atoms with van der Waals surface area (Å²) in [6, 6.07) is 10.1. The smallest absolute Gasteiger partial charge is 0.439 e. The van der Waals surface area contributed by atoms with Crippen molar-refractivity contribution in [2.75, 3.05) is 19.1 Å². The molecular weight excluding hydrogens is 539 g/mol. The summed E-state index contributed by atoms with van der Waals surface area (Å²) < 4.78 is 54.8. The Hall–Kier alpha value is -3.25. The van der Waals surface area contributed by atoms with E-state index in [1.165, 1.54) is 30.6 Å². The van der Waals surface area contributed by atoms with Crippen LogP contribution in [0.25, 0.3) is 22.0 Å². The average Bonchev–Trinajstić information content (AvgIpc) is 3.54. The molecule has 2 aromatic carbocycles. The van der Waals surface area contributed by atoms with Crippen molar-refractivity contribution in [3.8, 4) is 33.5 Å². The molecule has 12 heteroatoms. The first-order valence-electron chi connectivity index (χ1n) is 11.8. The van der Waals surface area contributed by atoms with Crippen LogP contribution in [0.1, 0.15) is 36.4 Å². The maximum atomic E-state index is 12.9. The molecule has 0 aliphatic heterocycles. The highest BCUT2D eigenvalue weighted by Gasteiger charge is 2.30. The molecule has 1 N–H and O–H groups in total. The first kappa shape index (κ1) is 29.3. The zero-order chi connectivity index (χ0) is 27.7. The quantitative estimate of drug-likeness (QED) is 0.205. The van der Waals surface area contributed by atoms with Gasteiger partial charge in [0.15, 0.2) is 5.82 Å². The van der Waals surface area contributed by atoms with Gasteiger partial charge in [0.05, 0.1) is 28.8 Å². The van der Waals surface area contributed by atoms with Crippen LogP contribution in [0.5, 0.6) is 11.5 Å². The molecule has 0 aliphatic carbocycles. The molecule has 0 saturated heterocycles. The number of nitrogens with zero attached hydrogens (tertiary/aromatic N) is 2. The lowest BCUT2D eigenvalue weighted by Gasteiger charge is -2.10. The van der Waals surface area contributed by atoms with Gasteiger partial charge in [-0.3, -0.25) is 9.51 Å². The Bertz CT molecular complexity index is 1370. The van der Waals surface area contributed by atoms with E-state index in [1.807, 2.05) is 20.1 Å². The van der Waals surface area contributed by atoms with E-state index in [1.54, 1.807) is 30.0 Å². The van der Waals surface area contributed by atoms with Crippen molar-refractivity contribution in [2.24, 2.45) is 0 Å². The third-order valence-corrected chi connectivity index (χ3v) is 7.05. The number of hydrogen-bond acceptors (Lipinski definition) is 8. The van der Waals surface area contributed by atoms with E-state index in [-0.39, 0.29) is 12.4 Å². The molecule has 0 unspecified atom stereocenters. The van der Waals surface area contributed by atoms with Crippen LogP contribution in [0.4, 0.5) is 13.2 Å². The van der Waals surface area contributed by atoms with Crippen LogP contribution in [0.2, 0.25) is 0 Å². The summed E-state index contributed by atoms with van der Waals surface area (Å²) in [4.78, 5) is 19.4. The molecule has 0 saturated carbocycles. The van der Waals surface area contributed by atoms with E-state index >= 15 is 0 Å². The molecule has 0 bridgehead atoms. The molecule has 4 rings (SSSR count). The molecular formula is C26H28F3N3O4S2. The predicted octanol–water partition coefficient (Wildman–Crippen LogP) is 7.08. The Morgan fingerprint density at radius 2 is 1.87 bits per heavy atom. The Morgan fingerprint density at radius 1 is 1.13 bits per heavy atom. The molecule has 7 nitrogen and oxygen atoms in total. The lowest BCUT2D eigenvalue weighted by atomic mass is 10.1. The number of methoxy groups -OCH3 is 1. The van der Waals surface area contributed by atoms with Crippen LogP contribution in [-0.4, -0.2) is 34.2 Å². The number of alkyl halides is 3. The minimum Gasteiger partial charge on any atom is -0.496 e. The van der Waals surface area contributed by atoms with Gasteiger partial charge in [-0.25, -0.2) is 9.78 Å². The normalized spacial score (nSPS) is 11.1. The molecule has 0 atom stereocenters. The minimum absolute atomic E-state index is 0.232. The topological polar surface area (TPSA) is 90.2 Å². The number of nitrogens with one attached hydrogen (secondary N) is 1. The van der Waals surface area contributed by atoms with E-state index in [0.29, 0.717) is 27.6 Å². The fraction of sp³-hybridized carbons (Fsp3) is 0.346. The number of hydrogen-bond donors (Lipinski definition) is 1. The number of aryl methyl sites for hydroxylation is 1. The maximum Gasteiger partial charge on any atom is 0.439 e. The number of ether oxygens (including phenoxy) is 2. The Kier molecular flexibility index (Phi) is 10.4. The zero-order valence-corrected chi connectivity index (χ0v) is 23.0. The van der Waals surface area contributed by atoms with Gasteiger partial charge in [0.25, 0.3) is 0 Å². The fourth-order valence-electron chi connectivity index (χ4n) is 3.45. The van der Waals surface area contributed by atoms with E-state index < -0.39 is 17.5 Å². The van der Waals surface area contributed by atoms with E-state index in [4.69, 9.17) is 14.5 Å². The number of thiazole rings is 1. The Balaban J connectivity index is 0.00000195. The van der Waals surface area contributed by atoms with Crippen LogP contribution in [0.15, 0.2) is 51.8 Å². The van der Waals surface area contributed by atoms with E-state index in [2.05, 4.69) is 14.7 Å². The third kappa shape index (κ3) is 7.41. The highest BCUT2D eigenvalue weighted by Crippen LogP contribution is 2.35. The van der Waals surface area contributed by atoms with Gasteiger partial charge in [-0.15, -0.1) is 11.3 Å². The SMILES string of the molecule is CC.COc1cc(OCc2sc(-c3ccc(C(F)(F)F)cc3)nc2CCCSC)ccc1-c1noc(=O)[nH]1. The van der Waals surface area contributed by atoms with E-state index in [9.17, 15) is 18.0 Å². The highest BCUT2D eigenvalue weighted by atomic mass is 32.2. The van der Waals surface area contributed by atoms with Crippen molar-refractivity contribution >= 4 is 23.1 Å². The molecule has 38 heavy (non-hydrogen) atoms. The van der Waals surface area contributed by atoms with Gasteiger partial charge in [-0.1, -0.05) is 31.1 Å². The van der Waals surface area contributed by atoms with Crippen LogP contribution in [0.3, 0.4) is 0 Å². The fourth-order valence-corrected chi connectivity index (χ4v) is 4.91. The molecule has 204 valence electrons. The van der Waals surface area contributed by atoms with Gasteiger partial charge < -0.3 is 9.47 Å². The average molecular weight is 568 g/mol. The summed E-state index contributed by atoms with van der Waals surface area (Å²) in [6.45, 7) is 4.23. The second-order valence-corrected chi connectivity index (χ2v) is 9.72. The molecule has 2 heterocycles. The van der Waals surface area contributed by atoms with Crippen molar-refractivity contribution in [3.63, 3.8) is 0 Å². The second kappa shape index (κ2) is 13.5. The Labute approximate surface area is 226 Å². The highest BCUT2D eigenvalue weighted by molar-refractivity contribution is 7.98. The summed E-state index contributed by atoms with van der Waals surface area (Å²) >= 11 is 3.14. The van der Waals surface area contributed by atoms with Crippen molar-refractivity contribution < 1.29 is 27.2 Å². The summed E-state index contributed by atoms with van der Waals surface area (Å²) in [5.74, 6) is 1.50. The molecule has 0 aliphatic rings. The second-order valence-electron chi connectivity index (χ2n) is 7.65. The summed E-state index contributed by atoms with van der Waals surface area (Å²) in [5, 5.41) is 4.32. The van der Waals surface area contributed by atoms with Gasteiger partial charge in [-0.05, 0) is 49.1 Å². The first-order valence-corrected chi connectivity index (χ1v) is 14.0. The van der Waals surface area contributed by atoms with Gasteiger partial charge in [0, 0.05) is 11.6 Å². The van der Waals surface area contributed by atoms with Gasteiger partial charge in [0.2, 0.25) is 0 Å². The monoisotopic (exact) mass is 567 g/mol. The number of halogens is 3. The maximum absolute atomic E-state index is 12.9. The number of thioether (sulfide) groups is 1. The number of H-pyrrole nitrogens is 1. The first-order chi connectivity index (χ1) is 18.3. The van der Waals surface area contributed by atoms with Crippen LogP contribution < -0.4 is 15.2 Å².